The molecule has 0 spiro atoms. The highest BCUT2D eigenvalue weighted by Gasteiger charge is 2.08. The molecule has 2 atom stereocenters. The summed E-state index contributed by atoms with van der Waals surface area (Å²) >= 11 is 0. The number of rotatable bonds is 4. The largest absolute Gasteiger partial charge is 0.251 e. The lowest BCUT2D eigenvalue weighted by Gasteiger charge is -2.12. The molecule has 2 heteroatoms. The average Bonchev–Trinajstić information content (AvgIpc) is 2.02. The first-order chi connectivity index (χ1) is 5.11. The van der Waals surface area contributed by atoms with Gasteiger partial charge in [0.1, 0.15) is 6.67 Å². The van der Waals surface area contributed by atoms with Gasteiger partial charge in [0.15, 0.2) is 0 Å². The van der Waals surface area contributed by atoms with Crippen molar-refractivity contribution in [3.63, 3.8) is 0 Å². The summed E-state index contributed by atoms with van der Waals surface area (Å²) in [5.41, 5.74) is 0.692. The monoisotopic (exact) mass is 162 g/mol. The smallest absolute Gasteiger partial charge is 0.110 e. The van der Waals surface area contributed by atoms with Crippen LogP contribution in [0.4, 0.5) is 8.78 Å². The Kier molecular flexibility index (Phi) is 5.08. The average molecular weight is 162 g/mol. The summed E-state index contributed by atoms with van der Waals surface area (Å²) in [4.78, 5) is 0. The molecule has 0 radical (unpaired) electrons. The second-order valence-electron chi connectivity index (χ2n) is 3.14. The maximum absolute atomic E-state index is 12.1. The van der Waals surface area contributed by atoms with Crippen LogP contribution < -0.4 is 0 Å². The van der Waals surface area contributed by atoms with Gasteiger partial charge < -0.3 is 0 Å². The van der Waals surface area contributed by atoms with E-state index in [1.807, 2.05) is 13.8 Å². The Morgan fingerprint density at radius 3 is 2.27 bits per heavy atom. The summed E-state index contributed by atoms with van der Waals surface area (Å²) < 4.78 is 24.0. The summed E-state index contributed by atoms with van der Waals surface area (Å²) in [5.74, 6) is 0.132. The van der Waals surface area contributed by atoms with E-state index in [0.717, 1.165) is 0 Å². The van der Waals surface area contributed by atoms with Crippen LogP contribution in [0.15, 0.2) is 11.6 Å². The van der Waals surface area contributed by atoms with Crippen molar-refractivity contribution in [2.45, 2.75) is 20.8 Å². The summed E-state index contributed by atoms with van der Waals surface area (Å²) in [6.07, 6.45) is 1.80. The number of hydrogen-bond acceptors (Lipinski definition) is 0. The SMILES string of the molecule is C/C(=C/C(C)C(C)CF)CF. The van der Waals surface area contributed by atoms with Gasteiger partial charge in [0, 0.05) is 0 Å². The zero-order valence-corrected chi connectivity index (χ0v) is 7.40. The predicted molar refractivity (Wildman–Crippen MR) is 44.0 cm³/mol. The highest BCUT2D eigenvalue weighted by molar-refractivity contribution is 5.01. The third-order valence-corrected chi connectivity index (χ3v) is 1.90. The molecule has 0 heterocycles. The fourth-order valence-corrected chi connectivity index (χ4v) is 0.798. The highest BCUT2D eigenvalue weighted by atomic mass is 19.1. The van der Waals surface area contributed by atoms with Crippen LogP contribution in [0.2, 0.25) is 0 Å². The topological polar surface area (TPSA) is 0 Å². The molecule has 11 heavy (non-hydrogen) atoms. The zero-order valence-electron chi connectivity index (χ0n) is 7.40. The molecule has 0 aromatic heterocycles. The molecule has 0 aliphatic carbocycles. The van der Waals surface area contributed by atoms with Crippen molar-refractivity contribution < 1.29 is 8.78 Å². The van der Waals surface area contributed by atoms with Gasteiger partial charge in [-0.25, -0.2) is 4.39 Å². The van der Waals surface area contributed by atoms with E-state index in [2.05, 4.69) is 0 Å². The molecule has 0 N–H and O–H groups in total. The first-order valence-corrected chi connectivity index (χ1v) is 3.91. The summed E-state index contributed by atoms with van der Waals surface area (Å²) in [6, 6.07) is 0. The van der Waals surface area contributed by atoms with Crippen LogP contribution >= 0.6 is 0 Å². The molecule has 0 nitrogen and oxygen atoms in total. The third-order valence-electron chi connectivity index (χ3n) is 1.90. The lowest BCUT2D eigenvalue weighted by atomic mass is 9.95. The zero-order chi connectivity index (χ0) is 8.85. The van der Waals surface area contributed by atoms with Crippen LogP contribution in [-0.2, 0) is 0 Å². The van der Waals surface area contributed by atoms with Gasteiger partial charge in [-0.15, -0.1) is 0 Å². The van der Waals surface area contributed by atoms with Crippen LogP contribution in [0, 0.1) is 11.8 Å². The standard InChI is InChI=1S/C9H16F2/c1-7(5-10)4-8(2)9(3)6-11/h4,8-9H,5-6H2,1-3H3/b7-4-. The Hall–Kier alpha value is -0.400. The molecule has 0 aromatic carbocycles. The van der Waals surface area contributed by atoms with Gasteiger partial charge in [-0.05, 0) is 24.3 Å². The van der Waals surface area contributed by atoms with Gasteiger partial charge in [0.2, 0.25) is 0 Å². The molecular weight excluding hydrogens is 146 g/mol. The minimum atomic E-state index is -0.427. The van der Waals surface area contributed by atoms with E-state index < -0.39 is 6.67 Å². The number of alkyl halides is 2. The second-order valence-corrected chi connectivity index (χ2v) is 3.14. The van der Waals surface area contributed by atoms with Crippen LogP contribution in [0.3, 0.4) is 0 Å². The molecule has 0 fully saturated rings. The fraction of sp³-hybridized carbons (Fsp3) is 0.778. The number of allylic oxidation sites excluding steroid dienone is 2. The number of halogens is 2. The minimum absolute atomic E-state index is 0.00324. The van der Waals surface area contributed by atoms with Gasteiger partial charge in [-0.2, -0.15) is 0 Å². The lowest BCUT2D eigenvalue weighted by Crippen LogP contribution is -2.07. The Morgan fingerprint density at radius 2 is 1.91 bits per heavy atom. The van der Waals surface area contributed by atoms with Crippen molar-refractivity contribution in [2.24, 2.45) is 11.8 Å². The van der Waals surface area contributed by atoms with Crippen molar-refractivity contribution in [3.05, 3.63) is 11.6 Å². The molecule has 2 unspecified atom stereocenters. The van der Waals surface area contributed by atoms with E-state index in [1.54, 1.807) is 13.0 Å². The fourth-order valence-electron chi connectivity index (χ4n) is 0.798. The van der Waals surface area contributed by atoms with Gasteiger partial charge in [0.05, 0.1) is 6.67 Å². The van der Waals surface area contributed by atoms with E-state index in [4.69, 9.17) is 0 Å². The lowest BCUT2D eigenvalue weighted by molar-refractivity contribution is 0.329. The molecule has 0 aliphatic heterocycles. The Labute approximate surface area is 67.3 Å². The van der Waals surface area contributed by atoms with E-state index in [9.17, 15) is 8.78 Å². The van der Waals surface area contributed by atoms with Crippen molar-refractivity contribution >= 4 is 0 Å². The first-order valence-electron chi connectivity index (χ1n) is 3.91. The van der Waals surface area contributed by atoms with Crippen molar-refractivity contribution in [2.75, 3.05) is 13.3 Å². The number of hydrogen-bond donors (Lipinski definition) is 0. The van der Waals surface area contributed by atoms with Gasteiger partial charge in [-0.1, -0.05) is 19.9 Å². The normalized spacial score (nSPS) is 18.1. The van der Waals surface area contributed by atoms with Crippen molar-refractivity contribution in [1.29, 1.82) is 0 Å². The predicted octanol–water partition coefficient (Wildman–Crippen LogP) is 3.14. The maximum Gasteiger partial charge on any atom is 0.110 e. The molecule has 0 aromatic rings. The molecule has 0 bridgehead atoms. The van der Waals surface area contributed by atoms with Crippen LogP contribution in [0.1, 0.15) is 20.8 Å². The molecule has 66 valence electrons. The molecule has 0 saturated heterocycles. The van der Waals surface area contributed by atoms with Gasteiger partial charge in [-0.3, -0.25) is 4.39 Å². The molecule has 0 aliphatic rings. The minimum Gasteiger partial charge on any atom is -0.251 e. The van der Waals surface area contributed by atoms with Gasteiger partial charge in [0.25, 0.3) is 0 Å². The van der Waals surface area contributed by atoms with Gasteiger partial charge >= 0.3 is 0 Å². The third kappa shape index (κ3) is 4.12. The van der Waals surface area contributed by atoms with Crippen LogP contribution in [0.25, 0.3) is 0 Å². The van der Waals surface area contributed by atoms with Crippen LogP contribution in [-0.4, -0.2) is 13.3 Å². The molecular formula is C9H16F2. The van der Waals surface area contributed by atoms with Crippen molar-refractivity contribution in [3.8, 4) is 0 Å². The summed E-state index contributed by atoms with van der Waals surface area (Å²) in [5, 5.41) is 0. The van der Waals surface area contributed by atoms with E-state index in [1.165, 1.54) is 0 Å². The second kappa shape index (κ2) is 5.28. The highest BCUT2D eigenvalue weighted by Crippen LogP contribution is 2.14. The van der Waals surface area contributed by atoms with E-state index in [-0.39, 0.29) is 18.5 Å². The van der Waals surface area contributed by atoms with Crippen molar-refractivity contribution in [1.82, 2.24) is 0 Å². The maximum atomic E-state index is 12.1. The Morgan fingerprint density at radius 1 is 1.36 bits per heavy atom. The first kappa shape index (κ1) is 10.6. The summed E-state index contributed by atoms with van der Waals surface area (Å²) in [6.45, 7) is 4.69. The quantitative estimate of drug-likeness (QED) is 0.557. The Bertz CT molecular complexity index is 130. The molecule has 0 amide bonds. The molecule has 0 saturated carbocycles. The molecule has 0 rings (SSSR count). The van der Waals surface area contributed by atoms with E-state index >= 15 is 0 Å². The van der Waals surface area contributed by atoms with Crippen LogP contribution in [0.5, 0.6) is 0 Å². The van der Waals surface area contributed by atoms with E-state index in [0.29, 0.717) is 5.57 Å². The Balaban J connectivity index is 3.93. The summed E-state index contributed by atoms with van der Waals surface area (Å²) in [7, 11) is 0.